The van der Waals surface area contributed by atoms with E-state index in [1.54, 1.807) is 12.1 Å². The van der Waals surface area contributed by atoms with Gasteiger partial charge in [0, 0.05) is 0 Å². The molecule has 0 heterocycles. The molecule has 0 saturated carbocycles. The number of para-hydroxylation sites is 1. The molecule has 0 saturated heterocycles. The Morgan fingerprint density at radius 1 is 1.29 bits per heavy atom. The summed E-state index contributed by atoms with van der Waals surface area (Å²) in [6, 6.07) is 5.40. The Kier molecular flexibility index (Phi) is 5.57. The van der Waals surface area contributed by atoms with Crippen LogP contribution >= 0.6 is 0 Å². The first-order chi connectivity index (χ1) is 8.20. The maximum absolute atomic E-state index is 11.8. The molecule has 0 fully saturated rings. The summed E-state index contributed by atoms with van der Waals surface area (Å²) in [5.74, 6) is 0.171. The van der Waals surface area contributed by atoms with Crippen molar-refractivity contribution in [1.82, 2.24) is 0 Å². The number of hydrogen-bond acceptors (Lipinski definition) is 3. The molecule has 0 aliphatic carbocycles. The second kappa shape index (κ2) is 6.97. The van der Waals surface area contributed by atoms with E-state index in [2.05, 4.69) is 13.2 Å². The molecule has 17 heavy (non-hydrogen) atoms. The number of ether oxygens (including phenoxy) is 2. The third kappa shape index (κ3) is 3.79. The Hall–Kier alpha value is -1.47. The molecule has 4 heteroatoms. The Morgan fingerprint density at radius 3 is 2.65 bits per heavy atom. The monoisotopic (exact) mass is 294 g/mol. The second-order valence-electron chi connectivity index (χ2n) is 3.21. The first-order valence-electron chi connectivity index (χ1n) is 5.11. The summed E-state index contributed by atoms with van der Waals surface area (Å²) >= 11 is 1.39. The van der Waals surface area contributed by atoms with Crippen molar-refractivity contribution in [2.24, 2.45) is 0 Å². The number of esters is 1. The Bertz CT molecular complexity index is 427. The predicted octanol–water partition coefficient (Wildman–Crippen LogP) is 0.853. The fourth-order valence-corrected chi connectivity index (χ4v) is 1.97. The van der Waals surface area contributed by atoms with Crippen LogP contribution in [0.3, 0.4) is 0 Å². The van der Waals surface area contributed by atoms with Gasteiger partial charge in [0.1, 0.15) is 0 Å². The van der Waals surface area contributed by atoms with E-state index in [0.29, 0.717) is 17.9 Å². The molecule has 1 aromatic rings. The zero-order valence-electron chi connectivity index (χ0n) is 9.52. The molecule has 90 valence electrons. The molecule has 3 nitrogen and oxygen atoms in total. The number of rotatable bonds is 6. The van der Waals surface area contributed by atoms with Gasteiger partial charge in [-0.05, 0) is 0 Å². The molecule has 0 amide bonds. The van der Waals surface area contributed by atoms with E-state index in [4.69, 9.17) is 9.47 Å². The van der Waals surface area contributed by atoms with Crippen LogP contribution in [0.5, 0.6) is 5.75 Å². The SMILES string of the molecule is C=CCOC(=O)c1cccc([AsH2])c1OCC=C. The van der Waals surface area contributed by atoms with Gasteiger partial charge >= 0.3 is 109 Å². The van der Waals surface area contributed by atoms with Gasteiger partial charge in [0.2, 0.25) is 0 Å². The molecule has 0 aliphatic rings. The molecular weight excluding hydrogens is 279 g/mol. The normalized spacial score (nSPS) is 9.47. The molecule has 1 atom stereocenters. The van der Waals surface area contributed by atoms with E-state index >= 15 is 0 Å². The van der Waals surface area contributed by atoms with Crippen LogP contribution in [0.25, 0.3) is 0 Å². The first kappa shape index (κ1) is 13.6. The Labute approximate surface area is 110 Å². The van der Waals surface area contributed by atoms with E-state index in [0.717, 1.165) is 4.35 Å². The molecule has 0 radical (unpaired) electrons. The summed E-state index contributed by atoms with van der Waals surface area (Å²) in [5.41, 5.74) is 0.440. The van der Waals surface area contributed by atoms with Crippen molar-refractivity contribution in [2.45, 2.75) is 0 Å². The van der Waals surface area contributed by atoms with Gasteiger partial charge in [-0.25, -0.2) is 0 Å². The van der Waals surface area contributed by atoms with Crippen LogP contribution in [-0.4, -0.2) is 36.0 Å². The Balaban J connectivity index is 2.96. The molecule has 1 unspecified atom stereocenters. The number of carbonyl (C=O) groups excluding carboxylic acids is 1. The van der Waals surface area contributed by atoms with Crippen molar-refractivity contribution in [2.75, 3.05) is 13.2 Å². The summed E-state index contributed by atoms with van der Waals surface area (Å²) < 4.78 is 11.4. The van der Waals surface area contributed by atoms with E-state index in [1.807, 2.05) is 12.1 Å². The minimum absolute atomic E-state index is 0.193. The average molecular weight is 294 g/mol. The fraction of sp³-hybridized carbons (Fsp3) is 0.154. The van der Waals surface area contributed by atoms with Gasteiger partial charge in [-0.15, -0.1) is 0 Å². The standard InChI is InChI=1S/C13H15AsO3/c1-3-8-16-12-10(6-5-7-11(12)14)13(15)17-9-4-2/h3-7H,1-2,8-9,14H2. The fourth-order valence-electron chi connectivity index (χ4n) is 1.23. The van der Waals surface area contributed by atoms with Crippen molar-refractivity contribution in [1.29, 1.82) is 0 Å². The van der Waals surface area contributed by atoms with Gasteiger partial charge in [-0.1, -0.05) is 0 Å². The van der Waals surface area contributed by atoms with Crippen molar-refractivity contribution in [3.8, 4) is 5.75 Å². The van der Waals surface area contributed by atoms with Gasteiger partial charge in [-0.2, -0.15) is 0 Å². The van der Waals surface area contributed by atoms with Crippen LogP contribution in [0, 0.1) is 0 Å². The van der Waals surface area contributed by atoms with Crippen LogP contribution in [0.2, 0.25) is 0 Å². The second-order valence-corrected chi connectivity index (χ2v) is 4.52. The van der Waals surface area contributed by atoms with E-state index < -0.39 is 5.97 Å². The van der Waals surface area contributed by atoms with Crippen LogP contribution < -0.4 is 9.09 Å². The van der Waals surface area contributed by atoms with Gasteiger partial charge in [0.05, 0.1) is 0 Å². The molecule has 0 aliphatic heterocycles. The number of benzene rings is 1. The van der Waals surface area contributed by atoms with Gasteiger partial charge in [-0.3, -0.25) is 0 Å². The van der Waals surface area contributed by atoms with Crippen molar-refractivity contribution >= 4 is 27.2 Å². The molecule has 0 aromatic heterocycles. The van der Waals surface area contributed by atoms with Gasteiger partial charge < -0.3 is 0 Å². The third-order valence-corrected chi connectivity index (χ3v) is 2.90. The topological polar surface area (TPSA) is 35.5 Å². The van der Waals surface area contributed by atoms with Gasteiger partial charge in [0.25, 0.3) is 0 Å². The van der Waals surface area contributed by atoms with Crippen molar-refractivity contribution in [3.05, 3.63) is 49.1 Å². The summed E-state index contributed by atoms with van der Waals surface area (Å²) in [4.78, 5) is 11.8. The molecule has 0 N–H and O–H groups in total. The summed E-state index contributed by atoms with van der Waals surface area (Å²) in [6.07, 6.45) is 3.17. The molecular formula is C13H15AsO3. The van der Waals surface area contributed by atoms with Crippen LogP contribution in [0.4, 0.5) is 0 Å². The first-order valence-corrected chi connectivity index (χ1v) is 6.32. The number of carbonyl (C=O) groups is 1. The van der Waals surface area contributed by atoms with Crippen molar-refractivity contribution < 1.29 is 14.3 Å². The predicted molar refractivity (Wildman–Crippen MR) is 70.8 cm³/mol. The summed E-state index contributed by atoms with van der Waals surface area (Å²) in [5, 5.41) is 0. The molecule has 1 rings (SSSR count). The maximum atomic E-state index is 11.8. The van der Waals surface area contributed by atoms with Crippen LogP contribution in [0.1, 0.15) is 10.4 Å². The Morgan fingerprint density at radius 2 is 2.00 bits per heavy atom. The van der Waals surface area contributed by atoms with E-state index in [-0.39, 0.29) is 6.61 Å². The minimum atomic E-state index is -0.400. The van der Waals surface area contributed by atoms with E-state index in [9.17, 15) is 4.79 Å². The average Bonchev–Trinajstić information content (AvgIpc) is 2.34. The number of hydrogen-bond donors (Lipinski definition) is 0. The zero-order chi connectivity index (χ0) is 12.7. The quantitative estimate of drug-likeness (QED) is 0.443. The molecule has 0 bridgehead atoms. The third-order valence-electron chi connectivity index (χ3n) is 1.94. The van der Waals surface area contributed by atoms with Crippen LogP contribution in [0.15, 0.2) is 43.5 Å². The molecule has 1 aromatic carbocycles. The van der Waals surface area contributed by atoms with Gasteiger partial charge in [0.15, 0.2) is 0 Å². The summed E-state index contributed by atoms with van der Waals surface area (Å²) in [7, 11) is 0. The zero-order valence-corrected chi connectivity index (χ0v) is 11.9. The van der Waals surface area contributed by atoms with E-state index in [1.165, 1.54) is 22.9 Å². The molecule has 0 spiro atoms. The van der Waals surface area contributed by atoms with Crippen LogP contribution in [-0.2, 0) is 4.74 Å². The van der Waals surface area contributed by atoms with Crippen molar-refractivity contribution in [3.63, 3.8) is 0 Å². The summed E-state index contributed by atoms with van der Waals surface area (Å²) in [6.45, 7) is 7.63.